The molecule has 0 unspecified atom stereocenters. The fourth-order valence-corrected chi connectivity index (χ4v) is 3.38. The molecule has 1 aliphatic rings. The Morgan fingerprint density at radius 3 is 2.59 bits per heavy atom. The number of rotatable bonds is 4. The average molecular weight is 358 g/mol. The first-order valence-electron chi connectivity index (χ1n) is 9.80. The summed E-state index contributed by atoms with van der Waals surface area (Å²) in [5.41, 5.74) is 3.45. The molecular formula is C24H27N3. The van der Waals surface area contributed by atoms with Gasteiger partial charge in [-0.3, -0.25) is 0 Å². The maximum absolute atomic E-state index is 4.73. The molecule has 1 saturated carbocycles. The molecule has 2 aromatic heterocycles. The summed E-state index contributed by atoms with van der Waals surface area (Å²) in [5.74, 6) is 7.31. The molecule has 1 aliphatic carbocycles. The largest absolute Gasteiger partial charge is 0.234 e. The van der Waals surface area contributed by atoms with Crippen LogP contribution in [0.15, 0.2) is 61.9 Å². The van der Waals surface area contributed by atoms with E-state index in [0.29, 0.717) is 5.92 Å². The summed E-state index contributed by atoms with van der Waals surface area (Å²) in [4.78, 5) is 4.44. The van der Waals surface area contributed by atoms with E-state index in [9.17, 15) is 0 Å². The molecule has 0 aromatic carbocycles. The third-order valence-electron chi connectivity index (χ3n) is 4.91. The van der Waals surface area contributed by atoms with E-state index in [1.54, 1.807) is 12.2 Å². The number of nitrogens with zero attached hydrogens (tertiary/aromatic N) is 3. The van der Waals surface area contributed by atoms with Gasteiger partial charge in [-0.05, 0) is 30.9 Å². The summed E-state index contributed by atoms with van der Waals surface area (Å²) in [7, 11) is 0. The summed E-state index contributed by atoms with van der Waals surface area (Å²) in [6, 6.07) is 3.93. The molecule has 3 nitrogen and oxygen atoms in total. The van der Waals surface area contributed by atoms with E-state index < -0.39 is 0 Å². The van der Waals surface area contributed by atoms with Crippen molar-refractivity contribution in [2.45, 2.75) is 44.9 Å². The Hall–Kier alpha value is -2.86. The maximum Gasteiger partial charge on any atom is 0.154 e. The minimum Gasteiger partial charge on any atom is -0.234 e. The van der Waals surface area contributed by atoms with Crippen LogP contribution < -0.4 is 0 Å². The molecule has 2 heterocycles. The van der Waals surface area contributed by atoms with Crippen molar-refractivity contribution in [1.82, 2.24) is 14.6 Å². The zero-order chi connectivity index (χ0) is 18.9. The van der Waals surface area contributed by atoms with Crippen LogP contribution >= 0.6 is 0 Å². The highest BCUT2D eigenvalue weighted by atomic mass is 15.3. The van der Waals surface area contributed by atoms with Crippen molar-refractivity contribution in [1.29, 1.82) is 0 Å². The van der Waals surface area contributed by atoms with E-state index in [4.69, 9.17) is 5.10 Å². The lowest BCUT2D eigenvalue weighted by Crippen LogP contribution is -2.02. The van der Waals surface area contributed by atoms with Crippen molar-refractivity contribution < 1.29 is 0 Å². The standard InChI is InChI=1S/C24H27N3/c1-3-5-9-14-21(4-2)23-17-18-24-25-19-22(27(24)26-23)16-15-20-12-10-7-6-8-11-13-20/h3-5,9,14,17-20H,1-2,6-8,10-13H2/b9-5-,21-14+. The number of hydrogen-bond donors (Lipinski definition) is 0. The van der Waals surface area contributed by atoms with Crippen LogP contribution in [0.4, 0.5) is 0 Å². The SMILES string of the molecule is C=C/C=C\C=C(/C=C)c1ccc2ncc(C#CC3CCCCCCC3)n2n1. The molecule has 0 N–H and O–H groups in total. The van der Waals surface area contributed by atoms with Crippen molar-refractivity contribution in [3.63, 3.8) is 0 Å². The van der Waals surface area contributed by atoms with E-state index in [0.717, 1.165) is 22.6 Å². The van der Waals surface area contributed by atoms with Gasteiger partial charge >= 0.3 is 0 Å². The van der Waals surface area contributed by atoms with Crippen LogP contribution in [-0.4, -0.2) is 14.6 Å². The van der Waals surface area contributed by atoms with Crippen LogP contribution in [0, 0.1) is 17.8 Å². The minimum absolute atomic E-state index is 0.492. The van der Waals surface area contributed by atoms with Crippen molar-refractivity contribution in [2.24, 2.45) is 5.92 Å². The van der Waals surface area contributed by atoms with Crippen LogP contribution in [0.3, 0.4) is 0 Å². The van der Waals surface area contributed by atoms with Gasteiger partial charge in [0.05, 0.1) is 11.9 Å². The summed E-state index contributed by atoms with van der Waals surface area (Å²) in [5, 5.41) is 4.73. The first-order chi connectivity index (χ1) is 13.3. The number of allylic oxidation sites excluding steroid dienone is 6. The summed E-state index contributed by atoms with van der Waals surface area (Å²) < 4.78 is 1.83. The van der Waals surface area contributed by atoms with Crippen LogP contribution in [0.25, 0.3) is 11.2 Å². The molecule has 3 rings (SSSR count). The van der Waals surface area contributed by atoms with Gasteiger partial charge in [-0.15, -0.1) is 0 Å². The Bertz CT molecular complexity index is 910. The topological polar surface area (TPSA) is 30.2 Å². The van der Waals surface area contributed by atoms with Crippen LogP contribution in [0.2, 0.25) is 0 Å². The third kappa shape index (κ3) is 5.08. The molecule has 138 valence electrons. The number of aromatic nitrogens is 3. The average Bonchev–Trinajstić information content (AvgIpc) is 3.07. The predicted molar refractivity (Wildman–Crippen MR) is 113 cm³/mol. The number of fused-ring (bicyclic) bond motifs is 1. The van der Waals surface area contributed by atoms with E-state index in [-0.39, 0.29) is 0 Å². The van der Waals surface area contributed by atoms with Gasteiger partial charge in [-0.2, -0.15) is 5.10 Å². The van der Waals surface area contributed by atoms with Crippen LogP contribution in [0.5, 0.6) is 0 Å². The second-order valence-corrected chi connectivity index (χ2v) is 6.89. The lowest BCUT2D eigenvalue weighted by Gasteiger charge is -2.13. The van der Waals surface area contributed by atoms with Gasteiger partial charge < -0.3 is 0 Å². The van der Waals surface area contributed by atoms with Crippen molar-refractivity contribution >= 4 is 11.2 Å². The molecule has 1 fully saturated rings. The van der Waals surface area contributed by atoms with Crippen LogP contribution in [-0.2, 0) is 0 Å². The zero-order valence-electron chi connectivity index (χ0n) is 15.9. The zero-order valence-corrected chi connectivity index (χ0v) is 15.9. The van der Waals surface area contributed by atoms with Crippen molar-refractivity contribution in [3.8, 4) is 11.8 Å². The van der Waals surface area contributed by atoms with Gasteiger partial charge in [-0.25, -0.2) is 9.50 Å². The highest BCUT2D eigenvalue weighted by Gasteiger charge is 2.09. The summed E-state index contributed by atoms with van der Waals surface area (Å²) >= 11 is 0. The first-order valence-corrected chi connectivity index (χ1v) is 9.80. The summed E-state index contributed by atoms with van der Waals surface area (Å²) in [6.07, 6.45) is 20.2. The molecular weight excluding hydrogens is 330 g/mol. The second kappa shape index (κ2) is 9.73. The maximum atomic E-state index is 4.73. The first kappa shape index (κ1) is 18.9. The van der Waals surface area contributed by atoms with Gasteiger partial charge in [0.25, 0.3) is 0 Å². The molecule has 2 aromatic rings. The Kier molecular flexibility index (Phi) is 6.82. The van der Waals surface area contributed by atoms with E-state index >= 15 is 0 Å². The van der Waals surface area contributed by atoms with Gasteiger partial charge in [0.2, 0.25) is 0 Å². The molecule has 0 saturated heterocycles. The van der Waals surface area contributed by atoms with Gasteiger partial charge in [0.1, 0.15) is 5.69 Å². The number of imidazole rings is 1. The molecule has 0 spiro atoms. The Balaban J connectivity index is 1.88. The molecule has 0 atom stereocenters. The van der Waals surface area contributed by atoms with E-state index in [1.807, 2.05) is 41.1 Å². The number of hydrogen-bond acceptors (Lipinski definition) is 2. The Morgan fingerprint density at radius 1 is 1.07 bits per heavy atom. The highest BCUT2D eigenvalue weighted by molar-refractivity contribution is 5.72. The Morgan fingerprint density at radius 2 is 1.85 bits per heavy atom. The monoisotopic (exact) mass is 357 g/mol. The normalized spacial score (nSPS) is 16.5. The summed E-state index contributed by atoms with van der Waals surface area (Å²) in [6.45, 7) is 7.59. The molecule has 0 amide bonds. The molecule has 27 heavy (non-hydrogen) atoms. The third-order valence-corrected chi connectivity index (χ3v) is 4.91. The lowest BCUT2D eigenvalue weighted by atomic mass is 9.91. The lowest BCUT2D eigenvalue weighted by molar-refractivity contribution is 0.444. The van der Waals surface area contributed by atoms with Gasteiger partial charge in [-0.1, -0.05) is 81.6 Å². The van der Waals surface area contributed by atoms with E-state index in [1.165, 1.54) is 44.9 Å². The van der Waals surface area contributed by atoms with Crippen molar-refractivity contribution in [2.75, 3.05) is 0 Å². The fourth-order valence-electron chi connectivity index (χ4n) is 3.38. The quantitative estimate of drug-likeness (QED) is 0.515. The van der Waals surface area contributed by atoms with E-state index in [2.05, 4.69) is 30.0 Å². The van der Waals surface area contributed by atoms with Crippen molar-refractivity contribution in [3.05, 3.63) is 73.3 Å². The molecule has 3 heteroatoms. The molecule has 0 aliphatic heterocycles. The molecule has 0 radical (unpaired) electrons. The smallest absolute Gasteiger partial charge is 0.154 e. The second-order valence-electron chi connectivity index (χ2n) is 6.89. The van der Waals surface area contributed by atoms with Gasteiger partial charge in [0, 0.05) is 11.5 Å². The van der Waals surface area contributed by atoms with Crippen LogP contribution in [0.1, 0.15) is 56.3 Å². The highest BCUT2D eigenvalue weighted by Crippen LogP contribution is 2.22. The minimum atomic E-state index is 0.492. The predicted octanol–water partition coefficient (Wildman–Crippen LogP) is 5.75. The fraction of sp³-hybridized carbons (Fsp3) is 0.333. The molecule has 0 bridgehead atoms. The Labute approximate surface area is 162 Å². The van der Waals surface area contributed by atoms with Gasteiger partial charge in [0.15, 0.2) is 5.65 Å².